The van der Waals surface area contributed by atoms with Crippen LogP contribution in [0.2, 0.25) is 0 Å². The highest BCUT2D eigenvalue weighted by molar-refractivity contribution is 5.77. The van der Waals surface area contributed by atoms with Crippen LogP contribution in [0.1, 0.15) is 258 Å². The van der Waals surface area contributed by atoms with Crippen molar-refractivity contribution in [3.8, 4) is 0 Å². The number of carbonyl (C=O) groups is 2. The molecule has 60 heavy (non-hydrogen) atoms. The van der Waals surface area contributed by atoms with Gasteiger partial charge in [0.05, 0.1) is 25.2 Å². The molecule has 0 rings (SSSR count). The van der Waals surface area contributed by atoms with E-state index in [1.165, 1.54) is 141 Å². The molecule has 0 aromatic carbocycles. The summed E-state index contributed by atoms with van der Waals surface area (Å²) in [5.41, 5.74) is 0. The van der Waals surface area contributed by atoms with Gasteiger partial charge in [0.1, 0.15) is 6.10 Å². The van der Waals surface area contributed by atoms with Gasteiger partial charge in [0.15, 0.2) is 0 Å². The molecule has 0 aliphatic heterocycles. The van der Waals surface area contributed by atoms with E-state index in [1.807, 2.05) is 0 Å². The van der Waals surface area contributed by atoms with Crippen molar-refractivity contribution in [2.24, 2.45) is 0 Å². The van der Waals surface area contributed by atoms with Gasteiger partial charge in [-0.2, -0.15) is 0 Å². The fourth-order valence-electron chi connectivity index (χ4n) is 7.71. The zero-order valence-electron chi connectivity index (χ0n) is 39.8. The Kier molecular flexibility index (Phi) is 46.1. The summed E-state index contributed by atoms with van der Waals surface area (Å²) in [6.07, 6.45) is 57.4. The summed E-state index contributed by atoms with van der Waals surface area (Å²) in [5, 5.41) is 23.7. The summed E-state index contributed by atoms with van der Waals surface area (Å²) >= 11 is 0. The van der Waals surface area contributed by atoms with E-state index in [4.69, 9.17) is 4.74 Å². The molecule has 0 radical (unpaired) electrons. The Morgan fingerprint density at radius 1 is 0.483 bits per heavy atom. The number of aliphatic hydroxyl groups excluding tert-OH is 2. The van der Waals surface area contributed by atoms with Crippen LogP contribution in [0.4, 0.5) is 0 Å². The Morgan fingerprint density at radius 2 is 0.867 bits per heavy atom. The Labute approximate surface area is 372 Å². The summed E-state index contributed by atoms with van der Waals surface area (Å²) < 4.78 is 5.91. The van der Waals surface area contributed by atoms with Crippen molar-refractivity contribution in [1.29, 1.82) is 0 Å². The SMILES string of the molecule is CCCCC/C=C\C/C=C\C/C=C\C/C=C\CCCC(CC(=O)NC(CO)C(O)CCCCCCCCCCCC)OC(=O)CCCCCCCCCCCCCCCC. The molecule has 350 valence electrons. The molecule has 0 saturated carbocycles. The number of aliphatic hydroxyl groups is 2. The van der Waals surface area contributed by atoms with E-state index in [0.717, 1.165) is 70.6 Å². The Balaban J connectivity index is 4.68. The molecule has 3 N–H and O–H groups in total. The number of hydrogen-bond acceptors (Lipinski definition) is 5. The average Bonchev–Trinajstić information content (AvgIpc) is 3.24. The minimum absolute atomic E-state index is 0.0422. The van der Waals surface area contributed by atoms with Crippen LogP contribution in [-0.2, 0) is 14.3 Å². The molecule has 0 bridgehead atoms. The fraction of sp³-hybridized carbons (Fsp3) is 0.815. The third kappa shape index (κ3) is 42.5. The van der Waals surface area contributed by atoms with E-state index in [9.17, 15) is 19.8 Å². The first kappa shape index (κ1) is 57.8. The van der Waals surface area contributed by atoms with Crippen LogP contribution >= 0.6 is 0 Å². The van der Waals surface area contributed by atoms with Gasteiger partial charge in [-0.25, -0.2) is 0 Å². The Bertz CT molecular complexity index is 1040. The van der Waals surface area contributed by atoms with Gasteiger partial charge >= 0.3 is 5.97 Å². The second-order valence-electron chi connectivity index (χ2n) is 17.6. The van der Waals surface area contributed by atoms with Crippen LogP contribution in [0.3, 0.4) is 0 Å². The highest BCUT2D eigenvalue weighted by Gasteiger charge is 2.24. The van der Waals surface area contributed by atoms with Gasteiger partial charge in [-0.05, 0) is 64.2 Å². The molecule has 0 spiro atoms. The number of unbranched alkanes of at least 4 members (excludes halogenated alkanes) is 26. The number of rotatable bonds is 46. The van der Waals surface area contributed by atoms with Crippen molar-refractivity contribution in [3.05, 3.63) is 48.6 Å². The molecule has 3 unspecified atom stereocenters. The van der Waals surface area contributed by atoms with E-state index in [2.05, 4.69) is 74.7 Å². The van der Waals surface area contributed by atoms with Gasteiger partial charge in [0, 0.05) is 6.42 Å². The van der Waals surface area contributed by atoms with Gasteiger partial charge in [0.2, 0.25) is 5.91 Å². The molecule has 0 aromatic heterocycles. The minimum atomic E-state index is -0.799. The van der Waals surface area contributed by atoms with E-state index < -0.39 is 18.2 Å². The molecular weight excluding hydrogens is 743 g/mol. The zero-order valence-corrected chi connectivity index (χ0v) is 39.8. The maximum atomic E-state index is 13.2. The highest BCUT2D eigenvalue weighted by Crippen LogP contribution is 2.17. The second kappa shape index (κ2) is 47.9. The summed E-state index contributed by atoms with van der Waals surface area (Å²) in [5.74, 6) is -0.521. The van der Waals surface area contributed by atoms with Crippen LogP contribution in [-0.4, -0.2) is 46.9 Å². The van der Waals surface area contributed by atoms with Crippen LogP contribution in [0.5, 0.6) is 0 Å². The molecule has 0 aliphatic rings. The summed E-state index contributed by atoms with van der Waals surface area (Å²) in [7, 11) is 0. The molecule has 3 atom stereocenters. The van der Waals surface area contributed by atoms with Crippen LogP contribution in [0, 0.1) is 0 Å². The van der Waals surface area contributed by atoms with Gasteiger partial charge in [0.25, 0.3) is 0 Å². The molecule has 0 saturated heterocycles. The van der Waals surface area contributed by atoms with Crippen molar-refractivity contribution in [2.45, 2.75) is 277 Å². The maximum absolute atomic E-state index is 13.2. The summed E-state index contributed by atoms with van der Waals surface area (Å²) in [6.45, 7) is 6.43. The third-order valence-corrected chi connectivity index (χ3v) is 11.7. The molecule has 0 heterocycles. The number of amides is 1. The van der Waals surface area contributed by atoms with Crippen molar-refractivity contribution >= 4 is 11.9 Å². The lowest BCUT2D eigenvalue weighted by atomic mass is 10.0. The maximum Gasteiger partial charge on any atom is 0.306 e. The van der Waals surface area contributed by atoms with Crippen LogP contribution in [0.15, 0.2) is 48.6 Å². The standard InChI is InChI=1S/C54H99NO5/c1-4-7-10-13-16-19-22-24-26-27-28-29-31-33-36-39-42-45-50(60-54(59)47-44-41-38-35-32-30-25-23-20-17-14-11-8-5-2)48-53(58)55-51(49-56)52(57)46-43-40-37-34-21-18-15-12-9-6-3/h16,19,24,26,28-29,33,36,50-52,56-57H,4-15,17-18,20-23,25,27,30-32,34-35,37-49H2,1-3H3,(H,55,58)/b19-16-,26-24-,29-28-,36-33-. The number of allylic oxidation sites excluding steroid dienone is 8. The van der Waals surface area contributed by atoms with Gasteiger partial charge in [-0.1, -0.05) is 230 Å². The zero-order chi connectivity index (χ0) is 43.8. The summed E-state index contributed by atoms with van der Waals surface area (Å²) in [6, 6.07) is -0.716. The first-order chi connectivity index (χ1) is 29.5. The molecule has 0 aliphatic carbocycles. The first-order valence-electron chi connectivity index (χ1n) is 25.9. The first-order valence-corrected chi connectivity index (χ1v) is 25.9. The number of hydrogen-bond donors (Lipinski definition) is 3. The van der Waals surface area contributed by atoms with Crippen molar-refractivity contribution in [1.82, 2.24) is 5.32 Å². The molecule has 0 fully saturated rings. The van der Waals surface area contributed by atoms with Crippen LogP contribution < -0.4 is 5.32 Å². The van der Waals surface area contributed by atoms with E-state index >= 15 is 0 Å². The highest BCUT2D eigenvalue weighted by atomic mass is 16.5. The number of carbonyl (C=O) groups excluding carboxylic acids is 2. The van der Waals surface area contributed by atoms with Gasteiger partial charge < -0.3 is 20.3 Å². The van der Waals surface area contributed by atoms with Crippen LogP contribution in [0.25, 0.3) is 0 Å². The lowest BCUT2D eigenvalue weighted by molar-refractivity contribution is -0.151. The normalized spacial score (nSPS) is 13.6. The largest absolute Gasteiger partial charge is 0.462 e. The van der Waals surface area contributed by atoms with Crippen molar-refractivity contribution in [2.75, 3.05) is 6.61 Å². The number of esters is 1. The fourth-order valence-corrected chi connectivity index (χ4v) is 7.71. The molecular formula is C54H99NO5. The molecule has 1 amide bonds. The molecule has 6 heteroatoms. The second-order valence-corrected chi connectivity index (χ2v) is 17.6. The predicted octanol–water partition coefficient (Wildman–Crippen LogP) is 15.5. The number of ether oxygens (including phenoxy) is 1. The average molecular weight is 842 g/mol. The van der Waals surface area contributed by atoms with E-state index in [0.29, 0.717) is 19.3 Å². The van der Waals surface area contributed by atoms with Gasteiger partial charge in [-0.3, -0.25) is 9.59 Å². The summed E-state index contributed by atoms with van der Waals surface area (Å²) in [4.78, 5) is 26.1. The van der Waals surface area contributed by atoms with Crippen molar-refractivity contribution in [3.63, 3.8) is 0 Å². The van der Waals surface area contributed by atoms with E-state index in [-0.39, 0.29) is 24.9 Å². The lowest BCUT2D eigenvalue weighted by Gasteiger charge is -2.24. The molecule has 6 nitrogen and oxygen atoms in total. The topological polar surface area (TPSA) is 95.9 Å². The van der Waals surface area contributed by atoms with Gasteiger partial charge in [-0.15, -0.1) is 0 Å². The van der Waals surface area contributed by atoms with E-state index in [1.54, 1.807) is 0 Å². The third-order valence-electron chi connectivity index (χ3n) is 11.7. The quantitative estimate of drug-likeness (QED) is 0.0322. The lowest BCUT2D eigenvalue weighted by Crippen LogP contribution is -2.46. The molecule has 0 aromatic rings. The Morgan fingerprint density at radius 3 is 1.32 bits per heavy atom. The van der Waals surface area contributed by atoms with Crippen molar-refractivity contribution < 1.29 is 24.5 Å². The predicted molar refractivity (Wildman–Crippen MR) is 259 cm³/mol. The number of nitrogens with one attached hydrogen (secondary N) is 1. The Hall–Kier alpha value is -2.18. The monoisotopic (exact) mass is 842 g/mol. The minimum Gasteiger partial charge on any atom is -0.462 e. The smallest absolute Gasteiger partial charge is 0.306 e.